The van der Waals surface area contributed by atoms with Gasteiger partial charge in [-0.25, -0.2) is 0 Å². The summed E-state index contributed by atoms with van der Waals surface area (Å²) >= 11 is 0. The molecule has 0 bridgehead atoms. The van der Waals surface area contributed by atoms with Gasteiger partial charge in [0.15, 0.2) is 0 Å². The van der Waals surface area contributed by atoms with E-state index in [1.54, 1.807) is 0 Å². The number of hydrogen-bond acceptors (Lipinski definition) is 1. The largest absolute Gasteiger partial charge is 0.490 e. The Kier molecular flexibility index (Phi) is 4.90. The minimum atomic E-state index is 0.384. The van der Waals surface area contributed by atoms with Gasteiger partial charge < -0.3 is 4.74 Å². The molecule has 0 aromatic heterocycles. The van der Waals surface area contributed by atoms with Gasteiger partial charge in [-0.1, -0.05) is 52.0 Å². The molecule has 1 fully saturated rings. The number of fused-ring (bicyclic) bond motifs is 1. The van der Waals surface area contributed by atoms with Crippen LogP contribution >= 0.6 is 0 Å². The zero-order valence-electron chi connectivity index (χ0n) is 16.0. The lowest BCUT2D eigenvalue weighted by Gasteiger charge is -2.37. The summed E-state index contributed by atoms with van der Waals surface area (Å²) in [7, 11) is 0. The van der Waals surface area contributed by atoms with Gasteiger partial charge in [0, 0.05) is 0 Å². The number of aryl methyl sites for hydroxylation is 2. The lowest BCUT2D eigenvalue weighted by Crippen LogP contribution is -2.30. The fourth-order valence-corrected chi connectivity index (χ4v) is 4.09. The highest BCUT2D eigenvalue weighted by Crippen LogP contribution is 2.39. The Bertz CT molecular complexity index is 700. The van der Waals surface area contributed by atoms with E-state index < -0.39 is 0 Å². The van der Waals surface area contributed by atoms with Crippen molar-refractivity contribution in [2.24, 2.45) is 11.3 Å². The summed E-state index contributed by atoms with van der Waals surface area (Å²) in [6, 6.07) is 11.2. The predicted molar refractivity (Wildman–Crippen MR) is 104 cm³/mol. The Labute approximate surface area is 147 Å². The first-order valence-electron chi connectivity index (χ1n) is 9.57. The van der Waals surface area contributed by atoms with Crippen LogP contribution < -0.4 is 4.74 Å². The second-order valence-corrected chi connectivity index (χ2v) is 8.56. The normalized spacial score (nSPS) is 21.9. The predicted octanol–water partition coefficient (Wildman–Crippen LogP) is 6.69. The third-order valence-corrected chi connectivity index (χ3v) is 5.90. The summed E-state index contributed by atoms with van der Waals surface area (Å²) in [5.41, 5.74) is 3.12. The SMILES string of the molecule is CCc1ccc2c(C)c(O[C@H]3CC[C@H](C(C)(C)C)CC3)ccc2c1. The van der Waals surface area contributed by atoms with Crippen LogP contribution in [0.2, 0.25) is 0 Å². The molecule has 0 unspecified atom stereocenters. The topological polar surface area (TPSA) is 9.23 Å². The van der Waals surface area contributed by atoms with E-state index in [0.717, 1.165) is 18.1 Å². The molecule has 0 amide bonds. The molecular formula is C23H32O. The van der Waals surface area contributed by atoms with Gasteiger partial charge >= 0.3 is 0 Å². The first-order chi connectivity index (χ1) is 11.4. The maximum absolute atomic E-state index is 6.41. The van der Waals surface area contributed by atoms with Gasteiger partial charge in [0.1, 0.15) is 5.75 Å². The second-order valence-electron chi connectivity index (χ2n) is 8.56. The molecule has 0 saturated heterocycles. The van der Waals surface area contributed by atoms with Crippen LogP contribution in [0.3, 0.4) is 0 Å². The molecule has 2 aromatic carbocycles. The Hall–Kier alpha value is -1.50. The van der Waals surface area contributed by atoms with Gasteiger partial charge in [-0.2, -0.15) is 0 Å². The van der Waals surface area contributed by atoms with Crippen molar-refractivity contribution >= 4 is 10.8 Å². The molecule has 2 aromatic rings. The molecule has 0 spiro atoms. The molecule has 1 aliphatic rings. The van der Waals surface area contributed by atoms with Gasteiger partial charge in [0.2, 0.25) is 0 Å². The molecule has 1 heteroatoms. The van der Waals surface area contributed by atoms with Crippen molar-refractivity contribution < 1.29 is 4.74 Å². The minimum absolute atomic E-state index is 0.384. The van der Waals surface area contributed by atoms with Crippen molar-refractivity contribution in [1.82, 2.24) is 0 Å². The molecule has 1 saturated carbocycles. The fraction of sp³-hybridized carbons (Fsp3) is 0.565. The van der Waals surface area contributed by atoms with E-state index in [1.807, 2.05) is 0 Å². The average Bonchev–Trinajstić information content (AvgIpc) is 2.57. The summed E-state index contributed by atoms with van der Waals surface area (Å²) in [5.74, 6) is 1.91. The maximum Gasteiger partial charge on any atom is 0.123 e. The summed E-state index contributed by atoms with van der Waals surface area (Å²) in [6.07, 6.45) is 6.43. The van der Waals surface area contributed by atoms with Crippen LogP contribution in [-0.4, -0.2) is 6.10 Å². The second kappa shape index (κ2) is 6.78. The highest BCUT2D eigenvalue weighted by atomic mass is 16.5. The molecule has 0 radical (unpaired) electrons. The molecule has 0 atom stereocenters. The van der Waals surface area contributed by atoms with Crippen molar-refractivity contribution in [3.8, 4) is 5.75 Å². The third-order valence-electron chi connectivity index (χ3n) is 5.90. The molecule has 1 aliphatic carbocycles. The van der Waals surface area contributed by atoms with Crippen LogP contribution in [0.4, 0.5) is 0 Å². The zero-order valence-corrected chi connectivity index (χ0v) is 16.0. The molecule has 3 rings (SSSR count). The third kappa shape index (κ3) is 3.61. The summed E-state index contributed by atoms with van der Waals surface area (Å²) in [5, 5.41) is 2.66. The van der Waals surface area contributed by atoms with Crippen LogP contribution in [0.25, 0.3) is 10.8 Å². The number of hydrogen-bond donors (Lipinski definition) is 0. The van der Waals surface area contributed by atoms with Crippen LogP contribution in [0, 0.1) is 18.3 Å². The van der Waals surface area contributed by atoms with Gasteiger partial charge in [0.05, 0.1) is 6.10 Å². The van der Waals surface area contributed by atoms with Gasteiger partial charge in [-0.05, 0) is 78.3 Å². The van der Waals surface area contributed by atoms with Gasteiger partial charge in [-0.15, -0.1) is 0 Å². The first kappa shape index (κ1) is 17.3. The number of benzene rings is 2. The van der Waals surface area contributed by atoms with Crippen LogP contribution in [-0.2, 0) is 6.42 Å². The monoisotopic (exact) mass is 324 g/mol. The Morgan fingerprint density at radius 1 is 1.00 bits per heavy atom. The summed E-state index contributed by atoms with van der Waals surface area (Å²) in [4.78, 5) is 0. The Morgan fingerprint density at radius 2 is 1.71 bits per heavy atom. The van der Waals surface area contributed by atoms with E-state index in [0.29, 0.717) is 11.5 Å². The van der Waals surface area contributed by atoms with Crippen LogP contribution in [0.1, 0.15) is 64.5 Å². The number of ether oxygens (including phenoxy) is 1. The Morgan fingerprint density at radius 3 is 2.33 bits per heavy atom. The van der Waals surface area contributed by atoms with Crippen molar-refractivity contribution in [3.05, 3.63) is 41.5 Å². The molecule has 0 aliphatic heterocycles. The van der Waals surface area contributed by atoms with E-state index in [1.165, 1.54) is 47.6 Å². The van der Waals surface area contributed by atoms with E-state index >= 15 is 0 Å². The quantitative estimate of drug-likeness (QED) is 0.611. The van der Waals surface area contributed by atoms with Crippen molar-refractivity contribution in [2.75, 3.05) is 0 Å². The lowest BCUT2D eigenvalue weighted by atomic mass is 9.72. The first-order valence-corrected chi connectivity index (χ1v) is 9.57. The average molecular weight is 325 g/mol. The molecular weight excluding hydrogens is 292 g/mol. The van der Waals surface area contributed by atoms with E-state index in [2.05, 4.69) is 65.0 Å². The molecule has 24 heavy (non-hydrogen) atoms. The molecule has 130 valence electrons. The molecule has 0 N–H and O–H groups in total. The van der Waals surface area contributed by atoms with E-state index in [9.17, 15) is 0 Å². The standard InChI is InChI=1S/C23H32O/c1-6-17-7-13-21-16(2)22(14-8-18(21)15-17)24-20-11-9-19(10-12-20)23(3,4)5/h7-8,13-15,19-20H,6,9-12H2,1-5H3/t19-,20-. The molecule has 1 nitrogen and oxygen atoms in total. The number of rotatable bonds is 3. The van der Waals surface area contributed by atoms with Crippen LogP contribution in [0.5, 0.6) is 5.75 Å². The van der Waals surface area contributed by atoms with Gasteiger partial charge in [0.25, 0.3) is 0 Å². The highest BCUT2D eigenvalue weighted by molar-refractivity contribution is 5.88. The fourth-order valence-electron chi connectivity index (χ4n) is 4.09. The minimum Gasteiger partial charge on any atom is -0.490 e. The highest BCUT2D eigenvalue weighted by Gasteiger charge is 2.30. The van der Waals surface area contributed by atoms with Crippen molar-refractivity contribution in [1.29, 1.82) is 0 Å². The smallest absolute Gasteiger partial charge is 0.123 e. The Balaban J connectivity index is 1.73. The maximum atomic E-state index is 6.41. The molecule has 0 heterocycles. The van der Waals surface area contributed by atoms with Crippen molar-refractivity contribution in [3.63, 3.8) is 0 Å². The lowest BCUT2D eigenvalue weighted by molar-refractivity contribution is 0.0878. The van der Waals surface area contributed by atoms with Crippen LogP contribution in [0.15, 0.2) is 30.3 Å². The van der Waals surface area contributed by atoms with Crippen molar-refractivity contribution in [2.45, 2.75) is 72.8 Å². The van der Waals surface area contributed by atoms with E-state index in [-0.39, 0.29) is 0 Å². The zero-order chi connectivity index (χ0) is 17.3. The summed E-state index contributed by atoms with van der Waals surface area (Å²) in [6.45, 7) is 11.5. The summed E-state index contributed by atoms with van der Waals surface area (Å²) < 4.78 is 6.41. The van der Waals surface area contributed by atoms with E-state index in [4.69, 9.17) is 4.74 Å². The van der Waals surface area contributed by atoms with Gasteiger partial charge in [-0.3, -0.25) is 0 Å².